The summed E-state index contributed by atoms with van der Waals surface area (Å²) in [6, 6.07) is 6.25. The minimum absolute atomic E-state index is 0.420. The summed E-state index contributed by atoms with van der Waals surface area (Å²) in [6.07, 6.45) is 6.51. The van der Waals surface area contributed by atoms with Gasteiger partial charge in [0.25, 0.3) is 0 Å². The van der Waals surface area contributed by atoms with Gasteiger partial charge in [0, 0.05) is 12.6 Å². The van der Waals surface area contributed by atoms with Crippen LogP contribution in [0.4, 0.5) is 5.82 Å². The molecule has 0 radical (unpaired) electrons. The van der Waals surface area contributed by atoms with Gasteiger partial charge in [0.1, 0.15) is 11.0 Å². The van der Waals surface area contributed by atoms with Crippen molar-refractivity contribution in [2.45, 2.75) is 38.1 Å². The average molecular weight is 262 g/mol. The van der Waals surface area contributed by atoms with Crippen LogP contribution in [0.1, 0.15) is 37.7 Å². The van der Waals surface area contributed by atoms with Crippen LogP contribution in [0.25, 0.3) is 0 Å². The second-order valence-corrected chi connectivity index (χ2v) is 5.63. The summed E-state index contributed by atoms with van der Waals surface area (Å²) in [4.78, 5) is 6.75. The van der Waals surface area contributed by atoms with Gasteiger partial charge in [0.15, 0.2) is 0 Å². The molecule has 0 amide bonds. The highest BCUT2D eigenvalue weighted by atomic mass is 35.5. The Labute approximate surface area is 112 Å². The van der Waals surface area contributed by atoms with Crippen molar-refractivity contribution in [2.75, 3.05) is 11.4 Å². The third-order valence-corrected chi connectivity index (χ3v) is 4.41. The van der Waals surface area contributed by atoms with E-state index in [2.05, 4.69) is 16.0 Å². The molecule has 18 heavy (non-hydrogen) atoms. The number of hydrogen-bond donors (Lipinski definition) is 0. The summed E-state index contributed by atoms with van der Waals surface area (Å²) in [5.41, 5.74) is 0.601. The molecule has 1 aliphatic heterocycles. The number of aromatic nitrogens is 1. The molecule has 4 heteroatoms. The fraction of sp³-hybridized carbons (Fsp3) is 0.571. The van der Waals surface area contributed by atoms with E-state index in [-0.39, 0.29) is 0 Å². The molecule has 1 aromatic rings. The number of pyridine rings is 1. The van der Waals surface area contributed by atoms with Crippen molar-refractivity contribution in [3.05, 3.63) is 22.8 Å². The standard InChI is InChI=1S/C14H16ClN3/c15-13-7-10(9-16)8-14(17-13)18-6-5-11-3-1-2-4-12(11)18/h7-8,11-12H,1-6H2. The van der Waals surface area contributed by atoms with Gasteiger partial charge in [-0.2, -0.15) is 5.26 Å². The highest BCUT2D eigenvalue weighted by Gasteiger charge is 2.36. The highest BCUT2D eigenvalue weighted by molar-refractivity contribution is 6.29. The fourth-order valence-corrected chi connectivity index (χ4v) is 3.59. The normalized spacial score (nSPS) is 26.8. The fourth-order valence-electron chi connectivity index (χ4n) is 3.39. The zero-order valence-electron chi connectivity index (χ0n) is 10.3. The van der Waals surface area contributed by atoms with E-state index >= 15 is 0 Å². The van der Waals surface area contributed by atoms with E-state index in [1.165, 1.54) is 32.1 Å². The zero-order chi connectivity index (χ0) is 12.5. The number of anilines is 1. The van der Waals surface area contributed by atoms with Gasteiger partial charge in [-0.15, -0.1) is 0 Å². The first kappa shape index (κ1) is 11.8. The summed E-state index contributed by atoms with van der Waals surface area (Å²) in [5, 5.41) is 9.43. The molecule has 1 aliphatic carbocycles. The summed E-state index contributed by atoms with van der Waals surface area (Å²) in [7, 11) is 0. The van der Waals surface area contributed by atoms with Crippen LogP contribution in [0, 0.1) is 17.2 Å². The Morgan fingerprint density at radius 2 is 2.11 bits per heavy atom. The van der Waals surface area contributed by atoms with Gasteiger partial charge in [0.2, 0.25) is 0 Å². The van der Waals surface area contributed by atoms with Gasteiger partial charge >= 0.3 is 0 Å². The van der Waals surface area contributed by atoms with Crippen LogP contribution in [0.5, 0.6) is 0 Å². The molecular formula is C14H16ClN3. The second kappa shape index (κ2) is 4.78. The molecule has 0 aromatic carbocycles. The van der Waals surface area contributed by atoms with Crippen molar-refractivity contribution >= 4 is 17.4 Å². The van der Waals surface area contributed by atoms with Gasteiger partial charge in [-0.1, -0.05) is 24.4 Å². The number of hydrogen-bond acceptors (Lipinski definition) is 3. The molecule has 2 aliphatic rings. The molecule has 94 valence electrons. The van der Waals surface area contributed by atoms with Crippen LogP contribution in [-0.2, 0) is 0 Å². The Bertz CT molecular complexity index is 494. The SMILES string of the molecule is N#Cc1cc(Cl)nc(N2CCC3CCCCC32)c1. The Morgan fingerprint density at radius 1 is 1.28 bits per heavy atom. The third kappa shape index (κ3) is 2.06. The Hall–Kier alpha value is -1.27. The monoisotopic (exact) mass is 261 g/mol. The van der Waals surface area contributed by atoms with Crippen LogP contribution in [0.2, 0.25) is 5.15 Å². The van der Waals surface area contributed by atoms with Crippen LogP contribution in [0.15, 0.2) is 12.1 Å². The van der Waals surface area contributed by atoms with E-state index in [1.807, 2.05) is 6.07 Å². The first-order valence-corrected chi connectivity index (χ1v) is 7.00. The zero-order valence-corrected chi connectivity index (χ0v) is 11.0. The van der Waals surface area contributed by atoms with Crippen LogP contribution < -0.4 is 4.90 Å². The minimum atomic E-state index is 0.420. The lowest BCUT2D eigenvalue weighted by molar-refractivity contribution is 0.341. The van der Waals surface area contributed by atoms with Crippen LogP contribution >= 0.6 is 11.6 Å². The molecule has 0 spiro atoms. The quantitative estimate of drug-likeness (QED) is 0.728. The van der Waals surface area contributed by atoms with E-state index < -0.39 is 0 Å². The molecule has 1 saturated carbocycles. The maximum Gasteiger partial charge on any atom is 0.132 e. The van der Waals surface area contributed by atoms with Crippen molar-refractivity contribution in [3.8, 4) is 6.07 Å². The summed E-state index contributed by atoms with van der Waals surface area (Å²) in [5.74, 6) is 1.69. The molecule has 3 nitrogen and oxygen atoms in total. The predicted molar refractivity (Wildman–Crippen MR) is 71.7 cm³/mol. The number of halogens is 1. The topological polar surface area (TPSA) is 39.9 Å². The van der Waals surface area contributed by atoms with Gasteiger partial charge in [0.05, 0.1) is 11.6 Å². The first-order chi connectivity index (χ1) is 8.78. The molecular weight excluding hydrogens is 246 g/mol. The molecule has 0 N–H and O–H groups in total. The third-order valence-electron chi connectivity index (χ3n) is 4.21. The van der Waals surface area contributed by atoms with Crippen molar-refractivity contribution < 1.29 is 0 Å². The largest absolute Gasteiger partial charge is 0.353 e. The van der Waals surface area contributed by atoms with Crippen molar-refractivity contribution in [1.29, 1.82) is 5.26 Å². The summed E-state index contributed by atoms with van der Waals surface area (Å²) < 4.78 is 0. The van der Waals surface area contributed by atoms with E-state index in [0.717, 1.165) is 18.3 Å². The summed E-state index contributed by atoms with van der Waals surface area (Å²) >= 11 is 5.99. The van der Waals surface area contributed by atoms with Crippen molar-refractivity contribution in [3.63, 3.8) is 0 Å². The number of nitrogens with zero attached hydrogens (tertiary/aromatic N) is 3. The Balaban J connectivity index is 1.91. The summed E-state index contributed by atoms with van der Waals surface area (Å²) in [6.45, 7) is 1.05. The van der Waals surface area contributed by atoms with Crippen LogP contribution in [-0.4, -0.2) is 17.6 Å². The predicted octanol–water partition coefficient (Wildman–Crippen LogP) is 3.38. The van der Waals surface area contributed by atoms with Gasteiger partial charge in [-0.05, 0) is 37.3 Å². The van der Waals surface area contributed by atoms with Crippen LogP contribution in [0.3, 0.4) is 0 Å². The molecule has 0 bridgehead atoms. The van der Waals surface area contributed by atoms with E-state index in [4.69, 9.17) is 16.9 Å². The number of rotatable bonds is 1. The van der Waals surface area contributed by atoms with Gasteiger partial charge < -0.3 is 4.90 Å². The maximum absolute atomic E-state index is 9.01. The second-order valence-electron chi connectivity index (χ2n) is 5.24. The van der Waals surface area contributed by atoms with E-state index in [0.29, 0.717) is 16.8 Å². The molecule has 1 saturated heterocycles. The smallest absolute Gasteiger partial charge is 0.132 e. The lowest BCUT2D eigenvalue weighted by Crippen LogP contribution is -2.35. The van der Waals surface area contributed by atoms with Gasteiger partial charge in [-0.25, -0.2) is 4.98 Å². The number of fused-ring (bicyclic) bond motifs is 1. The van der Waals surface area contributed by atoms with E-state index in [9.17, 15) is 0 Å². The molecule has 2 heterocycles. The average Bonchev–Trinajstić information content (AvgIpc) is 2.81. The minimum Gasteiger partial charge on any atom is -0.353 e. The lowest BCUT2D eigenvalue weighted by Gasteiger charge is -2.32. The Kier molecular flexibility index (Phi) is 3.13. The number of nitriles is 1. The van der Waals surface area contributed by atoms with E-state index in [1.54, 1.807) is 6.07 Å². The maximum atomic E-state index is 9.01. The van der Waals surface area contributed by atoms with Gasteiger partial charge in [-0.3, -0.25) is 0 Å². The molecule has 2 fully saturated rings. The highest BCUT2D eigenvalue weighted by Crippen LogP contribution is 2.38. The van der Waals surface area contributed by atoms with Crippen molar-refractivity contribution in [1.82, 2.24) is 4.98 Å². The first-order valence-electron chi connectivity index (χ1n) is 6.62. The molecule has 2 unspecified atom stereocenters. The molecule has 2 atom stereocenters. The Morgan fingerprint density at radius 3 is 2.94 bits per heavy atom. The lowest BCUT2D eigenvalue weighted by atomic mass is 9.85. The van der Waals surface area contributed by atoms with Crippen molar-refractivity contribution in [2.24, 2.45) is 5.92 Å². The molecule has 1 aromatic heterocycles. The molecule has 3 rings (SSSR count).